The molecule has 0 spiro atoms. The van der Waals surface area contributed by atoms with E-state index < -0.39 is 0 Å². The number of nitrogens with one attached hydrogen (secondary N) is 1. The Hall–Kier alpha value is -0.750. The summed E-state index contributed by atoms with van der Waals surface area (Å²) in [6, 6.07) is 0. The van der Waals surface area contributed by atoms with Crippen LogP contribution in [0, 0.1) is 17.8 Å². The number of hydrogen-bond acceptors (Lipinski definition) is 5. The lowest BCUT2D eigenvalue weighted by Crippen LogP contribution is -2.37. The van der Waals surface area contributed by atoms with Crippen LogP contribution in [0.1, 0.15) is 30.1 Å². The fourth-order valence-electron chi connectivity index (χ4n) is 4.24. The van der Waals surface area contributed by atoms with E-state index in [0.29, 0.717) is 23.0 Å². The van der Waals surface area contributed by atoms with Gasteiger partial charge in [0.25, 0.3) is 0 Å². The molecule has 2 fully saturated rings. The summed E-state index contributed by atoms with van der Waals surface area (Å²) in [5, 5.41) is 1.40. The number of aromatic amines is 1. The minimum Gasteiger partial charge on any atom is -0.469 e. The molecule has 19 heavy (non-hydrogen) atoms. The predicted octanol–water partition coefficient (Wildman–Crippen LogP) is 2.21. The first kappa shape index (κ1) is 12.0. The monoisotopic (exact) mass is 297 g/mol. The Bertz CT molecular complexity index is 593. The molecule has 2 heterocycles. The Labute approximate surface area is 118 Å². The molecule has 0 saturated heterocycles. The van der Waals surface area contributed by atoms with Crippen LogP contribution in [0.2, 0.25) is 0 Å². The minimum atomic E-state index is -0.217. The van der Waals surface area contributed by atoms with Crippen molar-refractivity contribution in [3.8, 4) is 0 Å². The molecule has 1 aromatic heterocycles. The number of carbonyl (C=O) groups excluding carboxylic acids is 1. The quantitative estimate of drug-likeness (QED) is 0.807. The van der Waals surface area contributed by atoms with Gasteiger partial charge in [-0.25, -0.2) is 0 Å². The van der Waals surface area contributed by atoms with Gasteiger partial charge in [0.05, 0.1) is 22.9 Å². The van der Waals surface area contributed by atoms with Gasteiger partial charge in [0, 0.05) is 5.25 Å². The second kappa shape index (κ2) is 4.12. The number of rotatable bonds is 1. The van der Waals surface area contributed by atoms with E-state index in [-0.39, 0.29) is 16.8 Å². The third kappa shape index (κ3) is 1.59. The van der Waals surface area contributed by atoms with Gasteiger partial charge in [0.15, 0.2) is 0 Å². The molecule has 1 aliphatic heterocycles. The number of ether oxygens (including phenoxy) is 1. The molecule has 3 aliphatic rings. The van der Waals surface area contributed by atoms with E-state index in [1.54, 1.807) is 11.8 Å². The number of fused-ring (bicyclic) bond motifs is 6. The van der Waals surface area contributed by atoms with Crippen molar-refractivity contribution in [1.82, 2.24) is 4.98 Å². The molecule has 1 aromatic rings. The van der Waals surface area contributed by atoms with E-state index in [0.717, 1.165) is 9.90 Å². The van der Waals surface area contributed by atoms with Gasteiger partial charge in [-0.1, -0.05) is 11.3 Å². The maximum Gasteiger partial charge on any atom is 0.314 e. The van der Waals surface area contributed by atoms with Crippen LogP contribution < -0.4 is 4.87 Å². The molecule has 4 rings (SSSR count). The summed E-state index contributed by atoms with van der Waals surface area (Å²) in [5.41, 5.74) is 0. The van der Waals surface area contributed by atoms with Crippen molar-refractivity contribution in [3.05, 3.63) is 14.5 Å². The molecule has 6 heteroatoms. The highest BCUT2D eigenvalue weighted by atomic mass is 32.2. The number of esters is 1. The maximum atomic E-state index is 12.2. The van der Waals surface area contributed by atoms with Crippen LogP contribution >= 0.6 is 23.1 Å². The number of thiazole rings is 1. The summed E-state index contributed by atoms with van der Waals surface area (Å²) in [5.74, 6) is 1.33. The highest BCUT2D eigenvalue weighted by Gasteiger charge is 2.56. The van der Waals surface area contributed by atoms with Crippen LogP contribution in [0.3, 0.4) is 0 Å². The molecule has 5 atom stereocenters. The SMILES string of the molecule is COC(=O)[C@@H]1c2sc(=O)[nH]c2S[C@H]2[C@H]3CC[C@@H](C3)[C@@H]21. The Balaban J connectivity index is 1.84. The lowest BCUT2D eigenvalue weighted by molar-refractivity contribution is -0.144. The lowest BCUT2D eigenvalue weighted by atomic mass is 9.78. The van der Waals surface area contributed by atoms with E-state index in [9.17, 15) is 9.59 Å². The van der Waals surface area contributed by atoms with Crippen LogP contribution in [-0.4, -0.2) is 23.3 Å². The number of aromatic nitrogens is 1. The van der Waals surface area contributed by atoms with Crippen molar-refractivity contribution >= 4 is 29.1 Å². The number of hydrogen-bond donors (Lipinski definition) is 1. The average Bonchev–Trinajstić information content (AvgIpc) is 3.07. The van der Waals surface area contributed by atoms with Crippen LogP contribution in [0.5, 0.6) is 0 Å². The van der Waals surface area contributed by atoms with Crippen molar-refractivity contribution in [1.29, 1.82) is 0 Å². The Morgan fingerprint density at radius 3 is 2.95 bits per heavy atom. The van der Waals surface area contributed by atoms with E-state index in [1.165, 1.54) is 37.7 Å². The summed E-state index contributed by atoms with van der Waals surface area (Å²) in [4.78, 5) is 27.6. The molecule has 0 radical (unpaired) electrons. The average molecular weight is 297 g/mol. The molecular formula is C13H15NO3S2. The molecule has 0 unspecified atom stereocenters. The van der Waals surface area contributed by atoms with E-state index in [2.05, 4.69) is 4.98 Å². The van der Waals surface area contributed by atoms with E-state index >= 15 is 0 Å². The van der Waals surface area contributed by atoms with Gasteiger partial charge >= 0.3 is 10.8 Å². The molecule has 2 bridgehead atoms. The summed E-state index contributed by atoms with van der Waals surface area (Å²) in [6.45, 7) is 0. The number of methoxy groups -OCH3 is 1. The lowest BCUT2D eigenvalue weighted by Gasteiger charge is -2.38. The first-order chi connectivity index (χ1) is 9.19. The van der Waals surface area contributed by atoms with Crippen LogP contribution in [-0.2, 0) is 9.53 Å². The smallest absolute Gasteiger partial charge is 0.314 e. The van der Waals surface area contributed by atoms with Crippen molar-refractivity contribution in [3.63, 3.8) is 0 Å². The summed E-state index contributed by atoms with van der Waals surface area (Å²) < 4.78 is 5.01. The first-order valence-electron chi connectivity index (χ1n) is 6.66. The van der Waals surface area contributed by atoms with Crippen molar-refractivity contribution in [2.24, 2.45) is 17.8 Å². The molecule has 0 aromatic carbocycles. The topological polar surface area (TPSA) is 59.2 Å². The largest absolute Gasteiger partial charge is 0.469 e. The van der Waals surface area contributed by atoms with Gasteiger partial charge in [-0.05, 0) is 37.0 Å². The molecule has 4 nitrogen and oxygen atoms in total. The minimum absolute atomic E-state index is 0.0567. The van der Waals surface area contributed by atoms with Gasteiger partial charge < -0.3 is 9.72 Å². The van der Waals surface area contributed by atoms with Crippen LogP contribution in [0.25, 0.3) is 0 Å². The van der Waals surface area contributed by atoms with Gasteiger partial charge in [0.1, 0.15) is 0 Å². The summed E-state index contributed by atoms with van der Waals surface area (Å²) >= 11 is 2.98. The fraction of sp³-hybridized carbons (Fsp3) is 0.692. The van der Waals surface area contributed by atoms with Crippen molar-refractivity contribution in [2.75, 3.05) is 7.11 Å². The molecule has 2 aliphatic carbocycles. The van der Waals surface area contributed by atoms with Crippen molar-refractivity contribution < 1.29 is 9.53 Å². The zero-order valence-electron chi connectivity index (χ0n) is 10.5. The maximum absolute atomic E-state index is 12.2. The molecule has 102 valence electrons. The van der Waals surface area contributed by atoms with Crippen LogP contribution in [0.15, 0.2) is 9.82 Å². The third-order valence-corrected chi connectivity index (χ3v) is 7.54. The third-order valence-electron chi connectivity index (χ3n) is 4.92. The second-order valence-electron chi connectivity index (χ2n) is 5.70. The number of thioether (sulfide) groups is 1. The van der Waals surface area contributed by atoms with Gasteiger partial charge in [-0.2, -0.15) is 0 Å². The molecule has 2 saturated carbocycles. The zero-order chi connectivity index (χ0) is 13.1. The summed E-state index contributed by atoms with van der Waals surface area (Å²) in [6.07, 6.45) is 3.75. The highest BCUT2D eigenvalue weighted by Crippen LogP contribution is 2.62. The Morgan fingerprint density at radius 1 is 1.37 bits per heavy atom. The molecule has 1 N–H and O–H groups in total. The van der Waals surface area contributed by atoms with Gasteiger partial charge in [-0.3, -0.25) is 9.59 Å². The normalized spacial score (nSPS) is 38.9. The summed E-state index contributed by atoms with van der Waals surface area (Å²) in [7, 11) is 1.45. The highest BCUT2D eigenvalue weighted by molar-refractivity contribution is 8.00. The van der Waals surface area contributed by atoms with Crippen LogP contribution in [0.4, 0.5) is 0 Å². The molecule has 0 amide bonds. The zero-order valence-corrected chi connectivity index (χ0v) is 12.2. The number of H-pyrrole nitrogens is 1. The second-order valence-corrected chi connectivity index (χ2v) is 7.90. The van der Waals surface area contributed by atoms with Gasteiger partial charge in [0.2, 0.25) is 0 Å². The van der Waals surface area contributed by atoms with E-state index in [1.807, 2.05) is 0 Å². The van der Waals surface area contributed by atoms with Crippen molar-refractivity contribution in [2.45, 2.75) is 35.5 Å². The Kier molecular flexibility index (Phi) is 2.61. The predicted molar refractivity (Wildman–Crippen MR) is 73.7 cm³/mol. The Morgan fingerprint density at radius 2 is 2.16 bits per heavy atom. The number of carbonyl (C=O) groups is 1. The fourth-order valence-corrected chi connectivity index (χ4v) is 7.09. The first-order valence-corrected chi connectivity index (χ1v) is 8.36. The standard InChI is InChI=1S/C13H15NO3S2/c1-17-12(15)8-7-5-2-3-6(4-5)9(7)18-11-10(8)19-13(16)14-11/h5-9H,2-4H2,1H3,(H,14,16)/t5-,6-,7+,8-,9-/m0/s1. The van der Waals surface area contributed by atoms with Gasteiger partial charge in [-0.15, -0.1) is 11.8 Å². The molecular weight excluding hydrogens is 282 g/mol. The van der Waals surface area contributed by atoms with E-state index in [4.69, 9.17) is 4.74 Å².